The maximum atomic E-state index is 8.82. The summed E-state index contributed by atoms with van der Waals surface area (Å²) in [6.45, 7) is 1.87. The van der Waals surface area contributed by atoms with Gasteiger partial charge >= 0.3 is 0 Å². The zero-order valence-corrected chi connectivity index (χ0v) is 10.2. The lowest BCUT2D eigenvalue weighted by molar-refractivity contribution is 0.871. The summed E-state index contributed by atoms with van der Waals surface area (Å²) in [6.07, 6.45) is 0. The van der Waals surface area contributed by atoms with Crippen LogP contribution in [0.2, 0.25) is 0 Å². The van der Waals surface area contributed by atoms with Gasteiger partial charge in [0.2, 0.25) is 0 Å². The minimum Gasteiger partial charge on any atom is -0.383 e. The van der Waals surface area contributed by atoms with E-state index in [1.165, 1.54) is 0 Å². The van der Waals surface area contributed by atoms with Gasteiger partial charge in [0, 0.05) is 0 Å². The zero-order chi connectivity index (χ0) is 11.7. The predicted molar refractivity (Wildman–Crippen MR) is 65.1 cm³/mol. The third-order valence-electron chi connectivity index (χ3n) is 2.24. The lowest BCUT2D eigenvalue weighted by Gasteiger charge is -2.03. The number of aryl methyl sites for hydroxylation is 1. The van der Waals surface area contributed by atoms with Gasteiger partial charge < -0.3 is 5.73 Å². The Morgan fingerprint density at radius 2 is 2.25 bits per heavy atom. The molecule has 1 aromatic heterocycles. The van der Waals surface area contributed by atoms with Crippen molar-refractivity contribution in [3.05, 3.63) is 40.0 Å². The van der Waals surface area contributed by atoms with Crippen molar-refractivity contribution in [2.24, 2.45) is 0 Å². The number of hydrogen-bond acceptors (Lipinski definition) is 3. The molecule has 2 N–H and O–H groups in total. The summed E-state index contributed by atoms with van der Waals surface area (Å²) < 4.78 is 2.40. The highest BCUT2D eigenvalue weighted by Gasteiger charge is 2.11. The van der Waals surface area contributed by atoms with E-state index in [9.17, 15) is 0 Å². The lowest BCUT2D eigenvalue weighted by atomic mass is 10.2. The average molecular weight is 277 g/mol. The molecule has 0 unspecified atom stereocenters. The van der Waals surface area contributed by atoms with Gasteiger partial charge in [-0.25, -0.2) is 4.68 Å². The minimum absolute atomic E-state index is 0.535. The van der Waals surface area contributed by atoms with Crippen molar-refractivity contribution in [2.75, 3.05) is 5.73 Å². The Labute approximate surface area is 101 Å². The fourth-order valence-corrected chi connectivity index (χ4v) is 1.68. The number of nitrogens with two attached hydrogens (primary N) is 1. The molecule has 0 spiro atoms. The first-order valence-corrected chi connectivity index (χ1v) is 5.44. The summed E-state index contributed by atoms with van der Waals surface area (Å²) in [5, 5.41) is 13.1. The molecule has 0 atom stereocenters. The molecule has 4 nitrogen and oxygen atoms in total. The van der Waals surface area contributed by atoms with Gasteiger partial charge in [-0.1, -0.05) is 6.07 Å². The summed E-state index contributed by atoms with van der Waals surface area (Å²) in [4.78, 5) is 0. The molecule has 0 saturated carbocycles. The van der Waals surface area contributed by atoms with Gasteiger partial charge in [-0.3, -0.25) is 0 Å². The molecule has 2 aromatic rings. The van der Waals surface area contributed by atoms with Crippen molar-refractivity contribution in [1.29, 1.82) is 5.26 Å². The van der Waals surface area contributed by atoms with E-state index in [1.54, 1.807) is 22.9 Å². The van der Waals surface area contributed by atoms with Crippen LogP contribution in [-0.4, -0.2) is 9.78 Å². The molecule has 1 heterocycles. The predicted octanol–water partition coefficient (Wildman–Crippen LogP) is 2.40. The number of rotatable bonds is 1. The Bertz CT molecular complexity index is 580. The first kappa shape index (κ1) is 10.7. The SMILES string of the molecule is Cc1nn(-c2cccc(C#N)c2)c(N)c1Br. The van der Waals surface area contributed by atoms with E-state index in [-0.39, 0.29) is 0 Å². The van der Waals surface area contributed by atoms with E-state index in [0.29, 0.717) is 11.4 Å². The molecule has 0 amide bonds. The number of aromatic nitrogens is 2. The molecule has 80 valence electrons. The summed E-state index contributed by atoms with van der Waals surface area (Å²) in [6, 6.07) is 9.23. The average Bonchev–Trinajstić information content (AvgIpc) is 2.57. The largest absolute Gasteiger partial charge is 0.383 e. The van der Waals surface area contributed by atoms with Gasteiger partial charge in [-0.15, -0.1) is 0 Å². The van der Waals surface area contributed by atoms with Crippen molar-refractivity contribution in [3.63, 3.8) is 0 Å². The third kappa shape index (κ3) is 1.68. The fraction of sp³-hybridized carbons (Fsp3) is 0.0909. The van der Waals surface area contributed by atoms with Crippen LogP contribution in [0.1, 0.15) is 11.3 Å². The number of anilines is 1. The molecule has 1 aromatic carbocycles. The highest BCUT2D eigenvalue weighted by Crippen LogP contribution is 2.25. The van der Waals surface area contributed by atoms with Crippen molar-refractivity contribution in [3.8, 4) is 11.8 Å². The molecule has 16 heavy (non-hydrogen) atoms. The third-order valence-corrected chi connectivity index (χ3v) is 3.22. The van der Waals surface area contributed by atoms with Crippen LogP contribution in [0.25, 0.3) is 5.69 Å². The van der Waals surface area contributed by atoms with Crippen molar-refractivity contribution < 1.29 is 0 Å². The topological polar surface area (TPSA) is 67.6 Å². The zero-order valence-electron chi connectivity index (χ0n) is 8.61. The van der Waals surface area contributed by atoms with Gasteiger partial charge in [-0.05, 0) is 41.1 Å². The van der Waals surface area contributed by atoms with Crippen LogP contribution in [0.3, 0.4) is 0 Å². The second kappa shape index (κ2) is 3.99. The molecule has 0 aliphatic carbocycles. The lowest BCUT2D eigenvalue weighted by Crippen LogP contribution is -2.02. The number of nitrogens with zero attached hydrogens (tertiary/aromatic N) is 3. The molecule has 0 aliphatic heterocycles. The molecule has 0 radical (unpaired) electrons. The van der Waals surface area contributed by atoms with Gasteiger partial charge in [0.1, 0.15) is 5.82 Å². The summed E-state index contributed by atoms with van der Waals surface area (Å²) >= 11 is 3.36. The summed E-state index contributed by atoms with van der Waals surface area (Å²) in [5.41, 5.74) is 8.08. The van der Waals surface area contributed by atoms with Crippen LogP contribution >= 0.6 is 15.9 Å². The normalized spacial score (nSPS) is 10.1. The number of benzene rings is 1. The van der Waals surface area contributed by atoms with Gasteiger partial charge in [-0.2, -0.15) is 10.4 Å². The van der Waals surface area contributed by atoms with Crippen LogP contribution in [0.15, 0.2) is 28.7 Å². The Kier molecular flexibility index (Phi) is 2.67. The summed E-state index contributed by atoms with van der Waals surface area (Å²) in [5.74, 6) is 0.535. The second-order valence-corrected chi connectivity index (χ2v) is 4.15. The van der Waals surface area contributed by atoms with Crippen LogP contribution in [-0.2, 0) is 0 Å². The number of nitrogen functional groups attached to an aromatic ring is 1. The second-order valence-electron chi connectivity index (χ2n) is 3.36. The van der Waals surface area contributed by atoms with Gasteiger partial charge in [0.15, 0.2) is 0 Å². The van der Waals surface area contributed by atoms with Crippen LogP contribution in [0, 0.1) is 18.3 Å². The Morgan fingerprint density at radius 3 is 2.81 bits per heavy atom. The maximum Gasteiger partial charge on any atom is 0.141 e. The Balaban J connectivity index is 2.59. The number of halogens is 1. The molecule has 0 bridgehead atoms. The Hall–Kier alpha value is -1.80. The molecular weight excluding hydrogens is 268 g/mol. The van der Waals surface area contributed by atoms with Gasteiger partial charge in [0.05, 0.1) is 27.5 Å². The van der Waals surface area contributed by atoms with Crippen molar-refractivity contribution >= 4 is 21.7 Å². The molecule has 0 saturated heterocycles. The van der Waals surface area contributed by atoms with Crippen LogP contribution in [0.4, 0.5) is 5.82 Å². The fourth-order valence-electron chi connectivity index (χ4n) is 1.43. The molecule has 0 aliphatic rings. The highest BCUT2D eigenvalue weighted by molar-refractivity contribution is 9.10. The standard InChI is InChI=1S/C11H9BrN4/c1-7-10(12)11(14)16(15-7)9-4-2-3-8(5-9)6-13/h2-5H,14H2,1H3. The molecular formula is C11H9BrN4. The molecule has 2 rings (SSSR count). The summed E-state index contributed by atoms with van der Waals surface area (Å²) in [7, 11) is 0. The van der Waals surface area contributed by atoms with E-state index in [2.05, 4.69) is 27.1 Å². The van der Waals surface area contributed by atoms with E-state index in [4.69, 9.17) is 11.0 Å². The van der Waals surface area contributed by atoms with E-state index >= 15 is 0 Å². The van der Waals surface area contributed by atoms with E-state index < -0.39 is 0 Å². The number of hydrogen-bond donors (Lipinski definition) is 1. The van der Waals surface area contributed by atoms with Crippen molar-refractivity contribution in [2.45, 2.75) is 6.92 Å². The van der Waals surface area contributed by atoms with Crippen LogP contribution in [0.5, 0.6) is 0 Å². The van der Waals surface area contributed by atoms with Gasteiger partial charge in [0.25, 0.3) is 0 Å². The highest BCUT2D eigenvalue weighted by atomic mass is 79.9. The van der Waals surface area contributed by atoms with E-state index in [0.717, 1.165) is 15.9 Å². The molecule has 5 heteroatoms. The first-order valence-electron chi connectivity index (χ1n) is 4.64. The molecule has 0 fully saturated rings. The van der Waals surface area contributed by atoms with E-state index in [1.807, 2.05) is 13.0 Å². The quantitative estimate of drug-likeness (QED) is 0.870. The van der Waals surface area contributed by atoms with Crippen LogP contribution < -0.4 is 5.73 Å². The monoisotopic (exact) mass is 276 g/mol. The Morgan fingerprint density at radius 1 is 1.50 bits per heavy atom. The first-order chi connectivity index (χ1) is 7.63. The maximum absolute atomic E-state index is 8.82. The minimum atomic E-state index is 0.535. The smallest absolute Gasteiger partial charge is 0.141 e. The van der Waals surface area contributed by atoms with Crippen molar-refractivity contribution in [1.82, 2.24) is 9.78 Å². The number of nitriles is 1.